The van der Waals surface area contributed by atoms with Crippen LogP contribution in [0, 0.1) is 18.2 Å². The summed E-state index contributed by atoms with van der Waals surface area (Å²) in [6.07, 6.45) is 0.920. The molecule has 1 aliphatic carbocycles. The van der Waals surface area contributed by atoms with Gasteiger partial charge >= 0.3 is 5.69 Å². The van der Waals surface area contributed by atoms with Crippen LogP contribution in [0.3, 0.4) is 0 Å². The Morgan fingerprint density at radius 1 is 1.18 bits per heavy atom. The Kier molecular flexibility index (Phi) is 4.14. The van der Waals surface area contributed by atoms with Crippen LogP contribution in [0.2, 0.25) is 0 Å². The maximum absolute atomic E-state index is 14.7. The summed E-state index contributed by atoms with van der Waals surface area (Å²) in [5, 5.41) is 7.89. The minimum Gasteiger partial charge on any atom is -0.295 e. The highest BCUT2D eigenvalue weighted by molar-refractivity contribution is 7.91. The molecule has 28 heavy (non-hydrogen) atoms. The fourth-order valence-electron chi connectivity index (χ4n) is 3.28. The minimum atomic E-state index is -4.07. The third kappa shape index (κ3) is 2.92. The lowest BCUT2D eigenvalue weighted by Gasteiger charge is -2.12. The zero-order valence-electron chi connectivity index (χ0n) is 15.3. The zero-order chi connectivity index (χ0) is 20.3. The Morgan fingerprint density at radius 2 is 1.89 bits per heavy atom. The van der Waals surface area contributed by atoms with Gasteiger partial charge in [-0.05, 0) is 38.0 Å². The number of hydrogen-bond acceptors (Lipinski definition) is 5. The van der Waals surface area contributed by atoms with Crippen LogP contribution < -0.4 is 5.69 Å². The third-order valence-electron chi connectivity index (χ3n) is 5.19. The number of aromatic nitrogens is 4. The third-order valence-corrected chi connectivity index (χ3v) is 7.17. The summed E-state index contributed by atoms with van der Waals surface area (Å²) in [5.41, 5.74) is -0.373. The maximum Gasteiger partial charge on any atom is 0.334 e. The predicted octanol–water partition coefficient (Wildman–Crippen LogP) is 2.09. The molecule has 0 bridgehead atoms. The van der Waals surface area contributed by atoms with Crippen LogP contribution in [-0.2, 0) is 16.9 Å². The van der Waals surface area contributed by atoms with Crippen molar-refractivity contribution < 1.29 is 17.2 Å². The van der Waals surface area contributed by atoms with Crippen molar-refractivity contribution in [2.45, 2.75) is 24.7 Å². The van der Waals surface area contributed by atoms with Gasteiger partial charge in [-0.2, -0.15) is 5.10 Å². The van der Waals surface area contributed by atoms with E-state index in [1.807, 2.05) is 0 Å². The second kappa shape index (κ2) is 6.20. The number of sulfone groups is 1. The van der Waals surface area contributed by atoms with Crippen molar-refractivity contribution >= 4 is 20.9 Å². The highest BCUT2D eigenvalue weighted by atomic mass is 32.2. The summed E-state index contributed by atoms with van der Waals surface area (Å²) < 4.78 is 55.8. The van der Waals surface area contributed by atoms with Crippen LogP contribution in [0.25, 0.3) is 16.9 Å². The first kappa shape index (κ1) is 18.7. The van der Waals surface area contributed by atoms with Crippen LogP contribution in [0.5, 0.6) is 0 Å². The van der Waals surface area contributed by atoms with Gasteiger partial charge in [0.25, 0.3) is 0 Å². The van der Waals surface area contributed by atoms with Gasteiger partial charge in [0.2, 0.25) is 0 Å². The van der Waals surface area contributed by atoms with E-state index in [2.05, 4.69) is 10.2 Å². The molecule has 1 fully saturated rings. The van der Waals surface area contributed by atoms with E-state index in [1.165, 1.54) is 16.2 Å². The van der Waals surface area contributed by atoms with Gasteiger partial charge in [0.05, 0.1) is 29.2 Å². The van der Waals surface area contributed by atoms with Gasteiger partial charge in [-0.3, -0.25) is 8.96 Å². The number of hydrogen-bond donors (Lipinski definition) is 0. The summed E-state index contributed by atoms with van der Waals surface area (Å²) in [6.45, 7) is 0.979. The molecule has 0 N–H and O–H groups in total. The van der Waals surface area contributed by atoms with Crippen LogP contribution in [0.1, 0.15) is 18.5 Å². The number of imidazole rings is 1. The van der Waals surface area contributed by atoms with E-state index in [0.29, 0.717) is 18.5 Å². The highest BCUT2D eigenvalue weighted by Crippen LogP contribution is 2.48. The molecule has 1 saturated carbocycles. The van der Waals surface area contributed by atoms with E-state index in [1.54, 1.807) is 19.1 Å². The molecular formula is C18H18F2N4O3S. The monoisotopic (exact) mass is 408 g/mol. The molecular weight excluding hydrogens is 390 g/mol. The van der Waals surface area contributed by atoms with Crippen LogP contribution in [0.4, 0.5) is 8.78 Å². The van der Waals surface area contributed by atoms with Gasteiger partial charge in [0.1, 0.15) is 10.7 Å². The summed E-state index contributed by atoms with van der Waals surface area (Å²) in [7, 11) is -2.62. The van der Waals surface area contributed by atoms with Crippen molar-refractivity contribution in [2.24, 2.45) is 12.5 Å². The summed E-state index contributed by atoms with van der Waals surface area (Å²) >= 11 is 0. The van der Waals surface area contributed by atoms with Crippen molar-refractivity contribution in [2.75, 3.05) is 12.4 Å². The maximum atomic E-state index is 14.7. The number of aryl methyl sites for hydroxylation is 2. The minimum absolute atomic E-state index is 0.190. The lowest BCUT2D eigenvalue weighted by atomic mass is 10.2. The first-order chi connectivity index (χ1) is 13.2. The molecule has 148 valence electrons. The topological polar surface area (TPSA) is 86.9 Å². The number of nitrogens with zero attached hydrogens (tertiary/aromatic N) is 4. The lowest BCUT2D eigenvalue weighted by Crippen LogP contribution is -2.22. The molecule has 4 rings (SSSR count). The smallest absolute Gasteiger partial charge is 0.295 e. The number of alkyl halides is 1. The van der Waals surface area contributed by atoms with Gasteiger partial charge in [0, 0.05) is 18.5 Å². The summed E-state index contributed by atoms with van der Waals surface area (Å²) in [6, 6.07) is 5.36. The SMILES string of the molecule is Cc1ccc(-n2c(=O)n(C)c3cc(F)c(S(=O)(=O)CC4(CF)CC4)cc32)nn1. The Morgan fingerprint density at radius 3 is 2.46 bits per heavy atom. The van der Waals surface area contributed by atoms with E-state index in [9.17, 15) is 22.0 Å². The van der Waals surface area contributed by atoms with Crippen LogP contribution in [-0.4, -0.2) is 40.2 Å². The fraction of sp³-hybridized carbons (Fsp3) is 0.389. The first-order valence-corrected chi connectivity index (χ1v) is 10.3. The Bertz CT molecular complexity index is 1240. The quantitative estimate of drug-likeness (QED) is 0.645. The molecule has 10 heteroatoms. The molecule has 0 unspecified atom stereocenters. The fourth-order valence-corrected chi connectivity index (χ4v) is 5.26. The lowest BCUT2D eigenvalue weighted by molar-refractivity contribution is 0.366. The van der Waals surface area contributed by atoms with Gasteiger partial charge in [-0.15, -0.1) is 5.10 Å². The number of fused-ring (bicyclic) bond motifs is 1. The largest absolute Gasteiger partial charge is 0.334 e. The standard InChI is InChI=1S/C18H18F2N4O3S/c1-11-3-4-16(22-21-11)24-14-8-15(12(20)7-13(14)23(2)17(24)25)28(26,27)10-18(9-19)5-6-18/h3-4,7-8H,5-6,9-10H2,1-2H3. The van der Waals surface area contributed by atoms with Gasteiger partial charge in [0.15, 0.2) is 15.7 Å². The van der Waals surface area contributed by atoms with Crippen molar-refractivity contribution in [1.82, 2.24) is 19.3 Å². The average molecular weight is 408 g/mol. The van der Waals surface area contributed by atoms with Gasteiger partial charge < -0.3 is 0 Å². The molecule has 0 spiro atoms. The van der Waals surface area contributed by atoms with E-state index >= 15 is 0 Å². The number of benzene rings is 1. The number of halogens is 2. The molecule has 0 radical (unpaired) electrons. The molecule has 3 aromatic rings. The van der Waals surface area contributed by atoms with E-state index in [-0.39, 0.29) is 16.9 Å². The molecule has 0 aliphatic heterocycles. The molecule has 1 aliphatic rings. The Labute approximate surface area is 159 Å². The van der Waals surface area contributed by atoms with E-state index in [0.717, 1.165) is 12.1 Å². The molecule has 0 amide bonds. The van der Waals surface area contributed by atoms with Gasteiger partial charge in [-0.1, -0.05) is 0 Å². The molecule has 0 saturated heterocycles. The average Bonchev–Trinajstić information content (AvgIpc) is 3.37. The van der Waals surface area contributed by atoms with Crippen LogP contribution >= 0.6 is 0 Å². The van der Waals surface area contributed by atoms with Crippen molar-refractivity contribution in [1.29, 1.82) is 0 Å². The predicted molar refractivity (Wildman–Crippen MR) is 98.5 cm³/mol. The molecule has 7 nitrogen and oxygen atoms in total. The summed E-state index contributed by atoms with van der Waals surface area (Å²) in [4.78, 5) is 12.1. The molecule has 2 heterocycles. The number of rotatable bonds is 5. The second-order valence-corrected chi connectivity index (χ2v) is 9.33. The Hall–Kier alpha value is -2.62. The van der Waals surface area contributed by atoms with E-state index < -0.39 is 44.1 Å². The Balaban J connectivity index is 1.93. The van der Waals surface area contributed by atoms with Crippen molar-refractivity contribution in [3.05, 3.63) is 46.3 Å². The second-order valence-electron chi connectivity index (χ2n) is 7.37. The zero-order valence-corrected chi connectivity index (χ0v) is 16.1. The molecule has 0 atom stereocenters. The van der Waals surface area contributed by atoms with Crippen LogP contribution in [0.15, 0.2) is 34.0 Å². The molecule has 1 aromatic carbocycles. The first-order valence-electron chi connectivity index (χ1n) is 8.68. The highest BCUT2D eigenvalue weighted by Gasteiger charge is 2.47. The normalized spacial score (nSPS) is 15.9. The molecule has 2 aromatic heterocycles. The van der Waals surface area contributed by atoms with Gasteiger partial charge in [-0.25, -0.2) is 22.2 Å². The van der Waals surface area contributed by atoms with E-state index in [4.69, 9.17) is 0 Å². The van der Waals surface area contributed by atoms with Crippen molar-refractivity contribution in [3.8, 4) is 5.82 Å². The summed E-state index contributed by atoms with van der Waals surface area (Å²) in [5.74, 6) is -1.23. The van der Waals surface area contributed by atoms with Crippen molar-refractivity contribution in [3.63, 3.8) is 0 Å².